The maximum Gasteiger partial charge on any atom is 0.216 e. The number of nitrogens with zero attached hydrogens (tertiary/aromatic N) is 3. The van der Waals surface area contributed by atoms with Crippen molar-refractivity contribution in [2.45, 2.75) is 73.4 Å². The number of aryl methyl sites for hydroxylation is 1. The van der Waals surface area contributed by atoms with Gasteiger partial charge in [0.1, 0.15) is 0 Å². The van der Waals surface area contributed by atoms with Crippen LogP contribution in [0.2, 0.25) is 19.6 Å². The summed E-state index contributed by atoms with van der Waals surface area (Å²) in [6.45, 7) is 13.9. The van der Waals surface area contributed by atoms with Gasteiger partial charge in [0.05, 0.1) is 13.7 Å². The third kappa shape index (κ3) is 8.24. The predicted octanol–water partition coefficient (Wildman–Crippen LogP) is 9.96. The maximum absolute atomic E-state index is 8.75. The van der Waals surface area contributed by atoms with Crippen molar-refractivity contribution >= 4 is 35.3 Å². The van der Waals surface area contributed by atoms with E-state index in [0.29, 0.717) is 16.8 Å². The molecule has 235 valence electrons. The van der Waals surface area contributed by atoms with Crippen molar-refractivity contribution in [2.75, 3.05) is 0 Å². The van der Waals surface area contributed by atoms with E-state index in [2.05, 4.69) is 46.7 Å². The van der Waals surface area contributed by atoms with E-state index in [1.54, 1.807) is 18.3 Å². The Balaban J connectivity index is 0.000000228. The van der Waals surface area contributed by atoms with Crippen molar-refractivity contribution in [1.29, 1.82) is 0 Å². The number of aromatic nitrogens is 3. The van der Waals surface area contributed by atoms with Crippen LogP contribution in [0.4, 0.5) is 0 Å². The zero-order chi connectivity index (χ0) is 36.9. The molecule has 0 saturated heterocycles. The molecule has 2 aromatic carbocycles. The smallest absolute Gasteiger partial charge is 0.216 e. The van der Waals surface area contributed by atoms with Gasteiger partial charge in [0.2, 0.25) is 5.71 Å². The Hall–Kier alpha value is -3.44. The molecule has 0 spiro atoms. The molecule has 0 N–H and O–H groups in total. The van der Waals surface area contributed by atoms with Gasteiger partial charge in [-0.1, -0.05) is 88.5 Å². The molecule has 6 heteroatoms. The van der Waals surface area contributed by atoms with Gasteiger partial charge in [0, 0.05) is 51.8 Å². The molecular formula is C39H43IrN3OSi-2. The average Bonchev–Trinajstić information content (AvgIpc) is 3.42. The van der Waals surface area contributed by atoms with Crippen LogP contribution < -0.4 is 5.19 Å². The van der Waals surface area contributed by atoms with Crippen LogP contribution in [0, 0.1) is 24.4 Å². The normalized spacial score (nSPS) is 14.6. The van der Waals surface area contributed by atoms with Gasteiger partial charge in [-0.3, -0.25) is 0 Å². The largest absolute Gasteiger partial charge is 0.486 e. The molecule has 45 heavy (non-hydrogen) atoms. The van der Waals surface area contributed by atoms with Crippen LogP contribution in [0.5, 0.6) is 0 Å². The molecule has 0 aliphatic heterocycles. The molecule has 0 atom stereocenters. The Morgan fingerprint density at radius 3 is 2.42 bits per heavy atom. The minimum atomic E-state index is -2.29. The van der Waals surface area contributed by atoms with Gasteiger partial charge in [0.15, 0.2) is 0 Å². The Bertz CT molecular complexity index is 2150. The summed E-state index contributed by atoms with van der Waals surface area (Å²) in [5.74, 6) is -0.754. The summed E-state index contributed by atoms with van der Waals surface area (Å²) in [7, 11) is -1.70. The molecule has 0 unspecified atom stereocenters. The molecule has 0 amide bonds. The number of hydrogen-bond donors (Lipinski definition) is 0. The van der Waals surface area contributed by atoms with Gasteiger partial charge in [-0.15, -0.1) is 54.1 Å². The van der Waals surface area contributed by atoms with Crippen LogP contribution in [0.3, 0.4) is 0 Å². The zero-order valence-corrected chi connectivity index (χ0v) is 30.5. The van der Waals surface area contributed by atoms with E-state index in [-0.39, 0.29) is 31.5 Å². The standard InChI is InChI=1S/C20H17N2O.C19H26NSi.Ir/c1-12(2)14-9-10-21-18(11-14)17-6-4-5-15-16-8-7-13(3)22-20(16)23-19(15)17;1-19(2,3)13-16-12-17(15-10-8-7-9-11-15)20-14-18(16)21(4,5)6;/h4-5,7-12H,1-3H3;7-10,12,14H,13H2,1-6H3;/q2*-1;/i3D3,12D;13D2;. The molecule has 0 aliphatic carbocycles. The van der Waals surface area contributed by atoms with Gasteiger partial charge >= 0.3 is 0 Å². The molecule has 1 radical (unpaired) electrons. The summed E-state index contributed by atoms with van der Waals surface area (Å²) >= 11 is 0. The first kappa shape index (κ1) is 26.7. The molecule has 0 bridgehead atoms. The first-order valence-electron chi connectivity index (χ1n) is 17.8. The topological polar surface area (TPSA) is 51.8 Å². The third-order valence-electron chi connectivity index (χ3n) is 7.10. The fourth-order valence-corrected chi connectivity index (χ4v) is 6.35. The first-order chi connectivity index (χ1) is 23.1. The summed E-state index contributed by atoms with van der Waals surface area (Å²) < 4.78 is 54.3. The SMILES string of the molecule is [2H]C([2H])([2H])c1ccc2c(n1)oc1c(-c3cc(C([2H])(C)C)ccn3)[c-]ccc12.[2H]C([2H])(c1cc(-c2[c-]cccc2)ncc1[Si](C)(C)C)C(C)(C)C.[Ir]. The Labute approximate surface area is 291 Å². The van der Waals surface area contributed by atoms with Crippen LogP contribution >= 0.6 is 0 Å². The molecule has 6 aromatic rings. The minimum absolute atomic E-state index is 0. The Kier molecular flexibility index (Phi) is 8.26. The molecule has 0 saturated carbocycles. The van der Waals surface area contributed by atoms with E-state index in [9.17, 15) is 0 Å². The molecule has 6 rings (SSSR count). The quantitative estimate of drug-likeness (QED) is 0.129. The van der Waals surface area contributed by atoms with Crippen molar-refractivity contribution in [3.05, 3.63) is 108 Å². The Morgan fingerprint density at radius 2 is 1.76 bits per heavy atom. The van der Waals surface area contributed by atoms with E-state index in [4.69, 9.17) is 12.6 Å². The second-order valence-electron chi connectivity index (χ2n) is 13.2. The fourth-order valence-electron chi connectivity index (χ4n) is 4.95. The van der Waals surface area contributed by atoms with Crippen LogP contribution in [0.1, 0.15) is 65.6 Å². The van der Waals surface area contributed by atoms with Gasteiger partial charge in [-0.2, -0.15) is 0 Å². The van der Waals surface area contributed by atoms with Crippen LogP contribution in [0.15, 0.2) is 83.5 Å². The number of fused-ring (bicyclic) bond motifs is 3. The number of hydrogen-bond acceptors (Lipinski definition) is 4. The van der Waals surface area contributed by atoms with Crippen LogP contribution in [0.25, 0.3) is 44.6 Å². The molecule has 0 aliphatic rings. The fraction of sp³-hybridized carbons (Fsp3) is 0.308. The van der Waals surface area contributed by atoms with Crippen LogP contribution in [-0.4, -0.2) is 23.0 Å². The maximum atomic E-state index is 8.75. The minimum Gasteiger partial charge on any atom is -0.486 e. The van der Waals surface area contributed by atoms with E-state index < -0.39 is 32.6 Å². The van der Waals surface area contributed by atoms with Crippen LogP contribution in [-0.2, 0) is 26.5 Å². The van der Waals surface area contributed by atoms with Gasteiger partial charge in [0.25, 0.3) is 0 Å². The van der Waals surface area contributed by atoms with Crippen molar-refractivity contribution in [3.63, 3.8) is 0 Å². The molecule has 4 aromatic heterocycles. The monoisotopic (exact) mass is 796 g/mol. The van der Waals surface area contributed by atoms with E-state index in [1.807, 2.05) is 89.3 Å². The summed E-state index contributed by atoms with van der Waals surface area (Å²) in [6, 6.07) is 26.5. The van der Waals surface area contributed by atoms with Gasteiger partial charge in [-0.25, -0.2) is 4.98 Å². The number of furan rings is 1. The summed E-state index contributed by atoms with van der Waals surface area (Å²) in [6.07, 6.45) is 2.14. The van der Waals surface area contributed by atoms with E-state index in [0.717, 1.165) is 38.3 Å². The third-order valence-corrected chi connectivity index (χ3v) is 9.11. The number of rotatable bonds is 5. The predicted molar refractivity (Wildman–Crippen MR) is 187 cm³/mol. The molecule has 4 nitrogen and oxygen atoms in total. The zero-order valence-electron chi connectivity index (χ0n) is 33.1. The summed E-state index contributed by atoms with van der Waals surface area (Å²) in [5.41, 5.74) is 4.95. The van der Waals surface area contributed by atoms with Gasteiger partial charge in [-0.05, 0) is 59.3 Å². The van der Waals surface area contributed by atoms with Crippen molar-refractivity contribution in [1.82, 2.24) is 15.0 Å². The van der Waals surface area contributed by atoms with E-state index >= 15 is 0 Å². The molecule has 4 heterocycles. The summed E-state index contributed by atoms with van der Waals surface area (Å²) in [4.78, 5) is 13.2. The number of benzene rings is 2. The van der Waals surface area contributed by atoms with Crippen molar-refractivity contribution in [3.8, 4) is 22.5 Å². The van der Waals surface area contributed by atoms with Crippen molar-refractivity contribution in [2.24, 2.45) is 5.41 Å². The summed E-state index contributed by atoms with van der Waals surface area (Å²) in [5, 5.41) is 2.66. The molecular weight excluding hydrogens is 747 g/mol. The number of pyridine rings is 3. The van der Waals surface area contributed by atoms with E-state index in [1.165, 1.54) is 6.07 Å². The second-order valence-corrected chi connectivity index (χ2v) is 18.2. The average molecular weight is 796 g/mol. The molecule has 0 fully saturated rings. The van der Waals surface area contributed by atoms with Gasteiger partial charge < -0.3 is 14.4 Å². The second kappa shape index (κ2) is 13.9. The first-order valence-corrected chi connectivity index (χ1v) is 18.3. The Morgan fingerprint density at radius 1 is 0.956 bits per heavy atom. The van der Waals surface area contributed by atoms with Crippen molar-refractivity contribution < 1.29 is 32.7 Å².